The summed E-state index contributed by atoms with van der Waals surface area (Å²) in [4.78, 5) is 38.9. The molecule has 0 aromatic rings. The number of hydrogen-bond donors (Lipinski definition) is 2. The van der Waals surface area contributed by atoms with Crippen molar-refractivity contribution in [1.82, 2.24) is 15.5 Å². The zero-order chi connectivity index (χ0) is 16.4. The molecule has 2 amide bonds. The number of carbonyl (C=O) groups excluding carboxylic acids is 3. The van der Waals surface area contributed by atoms with Crippen molar-refractivity contribution in [2.24, 2.45) is 5.92 Å². The molecule has 0 aromatic heterocycles. The van der Waals surface area contributed by atoms with Crippen molar-refractivity contribution in [1.29, 1.82) is 0 Å². The smallest absolute Gasteiger partial charge is 0.289 e. The molecule has 128 valence electrons. The van der Waals surface area contributed by atoms with E-state index < -0.39 is 17.7 Å². The topological polar surface area (TPSA) is 78.5 Å². The molecule has 0 bridgehead atoms. The summed E-state index contributed by atoms with van der Waals surface area (Å²) >= 11 is 0. The minimum atomic E-state index is -0.671. The summed E-state index contributed by atoms with van der Waals surface area (Å²) in [5.41, 5.74) is 0. The van der Waals surface area contributed by atoms with Crippen LogP contribution < -0.4 is 10.6 Å². The van der Waals surface area contributed by atoms with E-state index in [1.54, 1.807) is 0 Å². The van der Waals surface area contributed by atoms with Gasteiger partial charge in [0, 0.05) is 6.04 Å². The first kappa shape index (κ1) is 16.4. The quantitative estimate of drug-likeness (QED) is 0.642. The van der Waals surface area contributed by atoms with E-state index >= 15 is 0 Å². The standard InChI is InChI=1S/C17H27N3O3/c1-20-10-2-3-14(20)16(22)19-13(9-6-11-4-5-11)15(21)17(23)18-12-7-8-12/h11-14H,2-10H2,1H3,(H,18,23)(H,19,22)/t13-,14?/m0/s1. The van der Waals surface area contributed by atoms with Gasteiger partial charge in [0.15, 0.2) is 0 Å². The second kappa shape index (κ2) is 6.99. The number of nitrogens with zero attached hydrogens (tertiary/aromatic N) is 1. The Hall–Kier alpha value is -1.43. The van der Waals surface area contributed by atoms with Crippen molar-refractivity contribution in [3.63, 3.8) is 0 Å². The lowest BCUT2D eigenvalue weighted by Crippen LogP contribution is -2.52. The normalized spacial score (nSPS) is 25.9. The van der Waals surface area contributed by atoms with Gasteiger partial charge in [0.05, 0.1) is 12.1 Å². The molecule has 23 heavy (non-hydrogen) atoms. The van der Waals surface area contributed by atoms with Crippen molar-refractivity contribution < 1.29 is 14.4 Å². The molecule has 2 atom stereocenters. The van der Waals surface area contributed by atoms with Gasteiger partial charge >= 0.3 is 0 Å². The van der Waals surface area contributed by atoms with Crippen molar-refractivity contribution >= 4 is 17.6 Å². The van der Waals surface area contributed by atoms with Gasteiger partial charge in [0.1, 0.15) is 0 Å². The summed E-state index contributed by atoms with van der Waals surface area (Å²) in [7, 11) is 1.93. The average molecular weight is 321 g/mol. The van der Waals surface area contributed by atoms with Gasteiger partial charge in [-0.25, -0.2) is 0 Å². The Kier molecular flexibility index (Phi) is 4.99. The highest BCUT2D eigenvalue weighted by Gasteiger charge is 2.35. The highest BCUT2D eigenvalue weighted by molar-refractivity contribution is 6.38. The number of carbonyl (C=O) groups is 3. The van der Waals surface area contributed by atoms with Crippen LogP contribution in [-0.4, -0.2) is 54.2 Å². The van der Waals surface area contributed by atoms with E-state index in [0.717, 1.165) is 38.6 Å². The summed E-state index contributed by atoms with van der Waals surface area (Å²) in [6, 6.07) is -0.680. The lowest BCUT2D eigenvalue weighted by atomic mass is 10.0. The maximum absolute atomic E-state index is 12.5. The van der Waals surface area contributed by atoms with Gasteiger partial charge in [-0.15, -0.1) is 0 Å². The molecule has 6 heteroatoms. The lowest BCUT2D eigenvalue weighted by Gasteiger charge is -2.23. The van der Waals surface area contributed by atoms with Gasteiger partial charge in [-0.3, -0.25) is 19.3 Å². The molecule has 0 spiro atoms. The molecule has 0 aromatic carbocycles. The van der Waals surface area contributed by atoms with E-state index in [-0.39, 0.29) is 18.0 Å². The first-order valence-electron chi connectivity index (χ1n) is 8.90. The Balaban J connectivity index is 1.57. The summed E-state index contributed by atoms with van der Waals surface area (Å²) in [5.74, 6) is -0.457. The third-order valence-electron chi connectivity index (χ3n) is 5.15. The van der Waals surface area contributed by atoms with Crippen LogP contribution in [0.1, 0.15) is 51.4 Å². The number of nitrogens with one attached hydrogen (secondary N) is 2. The van der Waals surface area contributed by atoms with Gasteiger partial charge in [0.2, 0.25) is 11.7 Å². The predicted molar refractivity (Wildman–Crippen MR) is 85.7 cm³/mol. The summed E-state index contributed by atoms with van der Waals surface area (Å²) in [6.07, 6.45) is 7.61. The van der Waals surface area contributed by atoms with Crippen LogP contribution in [-0.2, 0) is 14.4 Å². The maximum Gasteiger partial charge on any atom is 0.289 e. The number of amides is 2. The van der Waals surface area contributed by atoms with Crippen LogP contribution in [0.15, 0.2) is 0 Å². The van der Waals surface area contributed by atoms with Gasteiger partial charge in [-0.1, -0.05) is 12.8 Å². The van der Waals surface area contributed by atoms with E-state index in [2.05, 4.69) is 10.6 Å². The van der Waals surface area contributed by atoms with E-state index in [1.165, 1.54) is 12.8 Å². The van der Waals surface area contributed by atoms with E-state index in [9.17, 15) is 14.4 Å². The Morgan fingerprint density at radius 2 is 1.87 bits per heavy atom. The van der Waals surface area contributed by atoms with Crippen LogP contribution in [0.5, 0.6) is 0 Å². The molecular weight excluding hydrogens is 294 g/mol. The number of likely N-dealkylation sites (N-methyl/N-ethyl adjacent to an activating group) is 1. The largest absolute Gasteiger partial charge is 0.347 e. The minimum Gasteiger partial charge on any atom is -0.347 e. The summed E-state index contributed by atoms with van der Waals surface area (Å²) in [5, 5.41) is 5.59. The third-order valence-corrected chi connectivity index (χ3v) is 5.15. The summed E-state index contributed by atoms with van der Waals surface area (Å²) < 4.78 is 0. The van der Waals surface area contributed by atoms with Crippen LogP contribution >= 0.6 is 0 Å². The molecule has 1 aliphatic heterocycles. The number of Topliss-reactive ketones (excluding diaryl/α,β-unsaturated/α-hetero) is 1. The van der Waals surface area contributed by atoms with Crippen molar-refractivity contribution in [2.45, 2.75) is 69.5 Å². The fourth-order valence-electron chi connectivity index (χ4n) is 3.23. The third kappa shape index (κ3) is 4.53. The Morgan fingerprint density at radius 1 is 1.13 bits per heavy atom. The van der Waals surface area contributed by atoms with E-state index in [1.807, 2.05) is 11.9 Å². The first-order chi connectivity index (χ1) is 11.0. The zero-order valence-electron chi connectivity index (χ0n) is 13.8. The number of ketones is 1. The summed E-state index contributed by atoms with van der Waals surface area (Å²) in [6.45, 7) is 0.904. The molecule has 1 unspecified atom stereocenters. The Labute approximate surface area is 137 Å². The average Bonchev–Trinajstić information content (AvgIpc) is 3.44. The van der Waals surface area contributed by atoms with Crippen LogP contribution in [0.3, 0.4) is 0 Å². The molecular formula is C17H27N3O3. The maximum atomic E-state index is 12.5. The molecule has 0 radical (unpaired) electrons. The number of likely N-dealkylation sites (tertiary alicyclic amines) is 1. The van der Waals surface area contributed by atoms with Crippen LogP contribution in [0.25, 0.3) is 0 Å². The minimum absolute atomic E-state index is 0.113. The predicted octanol–water partition coefficient (Wildman–Crippen LogP) is 0.603. The molecule has 2 saturated carbocycles. The molecule has 6 nitrogen and oxygen atoms in total. The van der Waals surface area contributed by atoms with Crippen molar-refractivity contribution in [3.8, 4) is 0 Å². The molecule has 3 rings (SSSR count). The van der Waals surface area contributed by atoms with Gasteiger partial charge < -0.3 is 10.6 Å². The Bertz CT molecular complexity index is 485. The second-order valence-corrected chi connectivity index (χ2v) is 7.33. The van der Waals surface area contributed by atoms with Crippen molar-refractivity contribution in [3.05, 3.63) is 0 Å². The van der Waals surface area contributed by atoms with Gasteiger partial charge in [-0.05, 0) is 58.0 Å². The monoisotopic (exact) mass is 321 g/mol. The Morgan fingerprint density at radius 3 is 2.43 bits per heavy atom. The van der Waals surface area contributed by atoms with Crippen LogP contribution in [0.4, 0.5) is 0 Å². The first-order valence-corrected chi connectivity index (χ1v) is 8.90. The lowest BCUT2D eigenvalue weighted by molar-refractivity contribution is -0.140. The van der Waals surface area contributed by atoms with Gasteiger partial charge in [-0.2, -0.15) is 0 Å². The van der Waals surface area contributed by atoms with Crippen LogP contribution in [0, 0.1) is 5.92 Å². The molecule has 3 fully saturated rings. The second-order valence-electron chi connectivity index (χ2n) is 7.33. The highest BCUT2D eigenvalue weighted by Crippen LogP contribution is 2.34. The molecule has 2 aliphatic carbocycles. The van der Waals surface area contributed by atoms with E-state index in [4.69, 9.17) is 0 Å². The molecule has 3 aliphatic rings. The molecule has 2 N–H and O–H groups in total. The molecule has 1 saturated heterocycles. The van der Waals surface area contributed by atoms with Crippen molar-refractivity contribution in [2.75, 3.05) is 13.6 Å². The highest BCUT2D eigenvalue weighted by atomic mass is 16.2. The SMILES string of the molecule is CN1CCCC1C(=O)N[C@@H](CCC1CC1)C(=O)C(=O)NC1CC1. The molecule has 1 heterocycles. The van der Waals surface area contributed by atoms with Gasteiger partial charge in [0.25, 0.3) is 5.91 Å². The van der Waals surface area contributed by atoms with E-state index in [0.29, 0.717) is 12.3 Å². The zero-order valence-corrected chi connectivity index (χ0v) is 13.8. The fraction of sp³-hybridized carbons (Fsp3) is 0.824. The number of rotatable bonds is 8. The van der Waals surface area contributed by atoms with Crippen LogP contribution in [0.2, 0.25) is 0 Å². The number of hydrogen-bond acceptors (Lipinski definition) is 4. The fourth-order valence-corrected chi connectivity index (χ4v) is 3.23.